The first-order chi connectivity index (χ1) is 10.8. The van der Waals surface area contributed by atoms with E-state index in [0.717, 1.165) is 12.0 Å². The van der Waals surface area contributed by atoms with Crippen molar-refractivity contribution in [2.75, 3.05) is 0 Å². The van der Waals surface area contributed by atoms with Gasteiger partial charge in [0.15, 0.2) is 5.78 Å². The van der Waals surface area contributed by atoms with Crippen molar-refractivity contribution in [2.24, 2.45) is 5.41 Å². The lowest BCUT2D eigenvalue weighted by atomic mass is 9.89. The minimum absolute atomic E-state index is 0.205. The molecule has 1 aromatic carbocycles. The molecule has 1 aromatic rings. The Morgan fingerprint density at radius 1 is 1.00 bits per heavy atom. The molecule has 0 fully saturated rings. The van der Waals surface area contributed by atoms with Gasteiger partial charge in [0, 0.05) is 12.0 Å². The highest BCUT2D eigenvalue weighted by Gasteiger charge is 2.33. The van der Waals surface area contributed by atoms with E-state index in [0.29, 0.717) is 12.0 Å². The lowest BCUT2D eigenvalue weighted by molar-refractivity contribution is -0.167. The molecule has 0 atom stereocenters. The monoisotopic (exact) mass is 334 g/mol. The third kappa shape index (κ3) is 5.45. The predicted molar refractivity (Wildman–Crippen MR) is 95.0 cm³/mol. The molecule has 0 radical (unpaired) electrons. The van der Waals surface area contributed by atoms with Crippen LogP contribution in [0.3, 0.4) is 0 Å². The standard InChI is InChI=1S/C20H30O4/c1-8-18(2,3)17(22)24-19(4,5)13-14-9-11-15(12-10-14)16(21)20(6,7)23/h9-12,23H,8,13H2,1-7H3. The summed E-state index contributed by atoms with van der Waals surface area (Å²) in [4.78, 5) is 24.3. The van der Waals surface area contributed by atoms with Crippen LogP contribution in [0.25, 0.3) is 0 Å². The Kier molecular flexibility index (Phi) is 5.99. The van der Waals surface area contributed by atoms with Gasteiger partial charge in [0.05, 0.1) is 5.41 Å². The Balaban J connectivity index is 2.82. The summed E-state index contributed by atoms with van der Waals surface area (Å²) >= 11 is 0. The number of hydrogen-bond acceptors (Lipinski definition) is 4. The SMILES string of the molecule is CCC(C)(C)C(=O)OC(C)(C)Cc1ccc(C(=O)C(C)(C)O)cc1. The summed E-state index contributed by atoms with van der Waals surface area (Å²) in [5, 5.41) is 9.79. The molecule has 4 nitrogen and oxygen atoms in total. The van der Waals surface area contributed by atoms with Crippen LogP contribution in [0.1, 0.15) is 70.8 Å². The largest absolute Gasteiger partial charge is 0.459 e. The molecule has 0 saturated heterocycles. The Hall–Kier alpha value is -1.68. The molecule has 0 spiro atoms. The number of ether oxygens (including phenoxy) is 1. The van der Waals surface area contributed by atoms with E-state index < -0.39 is 16.6 Å². The van der Waals surface area contributed by atoms with Crippen molar-refractivity contribution in [3.63, 3.8) is 0 Å². The summed E-state index contributed by atoms with van der Waals surface area (Å²) in [6.45, 7) is 12.4. The molecular weight excluding hydrogens is 304 g/mol. The first-order valence-corrected chi connectivity index (χ1v) is 8.38. The van der Waals surface area contributed by atoms with Gasteiger partial charge in [0.2, 0.25) is 0 Å². The lowest BCUT2D eigenvalue weighted by Crippen LogP contribution is -2.37. The maximum absolute atomic E-state index is 12.3. The van der Waals surface area contributed by atoms with E-state index in [1.54, 1.807) is 12.1 Å². The van der Waals surface area contributed by atoms with Gasteiger partial charge in [-0.1, -0.05) is 31.2 Å². The normalized spacial score (nSPS) is 12.8. The molecule has 0 heterocycles. The average molecular weight is 334 g/mol. The van der Waals surface area contributed by atoms with Gasteiger partial charge < -0.3 is 9.84 Å². The third-order valence-electron chi connectivity index (χ3n) is 4.21. The summed E-state index contributed by atoms with van der Waals surface area (Å²) in [5.41, 5.74) is -1.09. The fourth-order valence-corrected chi connectivity index (χ4v) is 2.19. The Morgan fingerprint density at radius 2 is 1.50 bits per heavy atom. The van der Waals surface area contributed by atoms with Gasteiger partial charge in [0.1, 0.15) is 11.2 Å². The summed E-state index contributed by atoms with van der Waals surface area (Å²) in [6, 6.07) is 7.06. The van der Waals surface area contributed by atoms with E-state index in [1.165, 1.54) is 13.8 Å². The van der Waals surface area contributed by atoms with Crippen LogP contribution >= 0.6 is 0 Å². The molecule has 0 amide bonds. The van der Waals surface area contributed by atoms with Gasteiger partial charge in [-0.2, -0.15) is 0 Å². The van der Waals surface area contributed by atoms with Crippen molar-refractivity contribution in [3.8, 4) is 0 Å². The summed E-state index contributed by atoms with van der Waals surface area (Å²) in [7, 11) is 0. The van der Waals surface area contributed by atoms with Crippen molar-refractivity contribution >= 4 is 11.8 Å². The highest BCUT2D eigenvalue weighted by Crippen LogP contribution is 2.27. The maximum atomic E-state index is 12.3. The molecule has 0 aromatic heterocycles. The number of ketones is 1. The van der Waals surface area contributed by atoms with Gasteiger partial charge in [-0.15, -0.1) is 0 Å². The smallest absolute Gasteiger partial charge is 0.312 e. The number of carbonyl (C=O) groups excluding carboxylic acids is 2. The number of aliphatic hydroxyl groups is 1. The van der Waals surface area contributed by atoms with Crippen LogP contribution in [0, 0.1) is 5.41 Å². The van der Waals surface area contributed by atoms with Crippen molar-refractivity contribution in [1.82, 2.24) is 0 Å². The van der Waals surface area contributed by atoms with Crippen molar-refractivity contribution < 1.29 is 19.4 Å². The number of esters is 1. The minimum Gasteiger partial charge on any atom is -0.459 e. The van der Waals surface area contributed by atoms with E-state index >= 15 is 0 Å². The van der Waals surface area contributed by atoms with Gasteiger partial charge in [-0.3, -0.25) is 9.59 Å². The third-order valence-corrected chi connectivity index (χ3v) is 4.21. The summed E-state index contributed by atoms with van der Waals surface area (Å²) < 4.78 is 5.68. The quantitative estimate of drug-likeness (QED) is 0.606. The molecule has 1 rings (SSSR count). The van der Waals surface area contributed by atoms with Crippen LogP contribution in [0.5, 0.6) is 0 Å². The highest BCUT2D eigenvalue weighted by molar-refractivity contribution is 6.01. The van der Waals surface area contributed by atoms with Gasteiger partial charge in [0.25, 0.3) is 0 Å². The number of rotatable bonds is 7. The van der Waals surface area contributed by atoms with Crippen LogP contribution in [-0.2, 0) is 16.0 Å². The molecule has 0 aliphatic carbocycles. The van der Waals surface area contributed by atoms with Crippen LogP contribution in [0.15, 0.2) is 24.3 Å². The van der Waals surface area contributed by atoms with Crippen LogP contribution in [0.4, 0.5) is 0 Å². The van der Waals surface area contributed by atoms with E-state index in [4.69, 9.17) is 4.74 Å². The molecular formula is C20H30O4. The Morgan fingerprint density at radius 3 is 1.92 bits per heavy atom. The zero-order chi connectivity index (χ0) is 18.8. The summed E-state index contributed by atoms with van der Waals surface area (Å²) in [6.07, 6.45) is 1.27. The van der Waals surface area contributed by atoms with Gasteiger partial charge >= 0.3 is 5.97 Å². The molecule has 0 saturated carbocycles. The van der Waals surface area contributed by atoms with Crippen LogP contribution in [-0.4, -0.2) is 28.1 Å². The van der Waals surface area contributed by atoms with Gasteiger partial charge in [-0.25, -0.2) is 0 Å². The average Bonchev–Trinajstić information content (AvgIpc) is 2.45. The number of hydrogen-bond donors (Lipinski definition) is 1. The topological polar surface area (TPSA) is 63.6 Å². The molecule has 4 heteroatoms. The summed E-state index contributed by atoms with van der Waals surface area (Å²) in [5.74, 6) is -0.520. The minimum atomic E-state index is -1.39. The van der Waals surface area contributed by atoms with E-state index in [9.17, 15) is 14.7 Å². The second-order valence-electron chi connectivity index (χ2n) is 8.15. The van der Waals surface area contributed by atoms with Crippen molar-refractivity contribution in [1.29, 1.82) is 0 Å². The number of carbonyl (C=O) groups is 2. The van der Waals surface area contributed by atoms with Crippen LogP contribution in [0.2, 0.25) is 0 Å². The second-order valence-corrected chi connectivity index (χ2v) is 8.15. The molecule has 0 aliphatic heterocycles. The van der Waals surface area contributed by atoms with Crippen molar-refractivity contribution in [3.05, 3.63) is 35.4 Å². The van der Waals surface area contributed by atoms with Crippen LogP contribution < -0.4 is 0 Å². The molecule has 0 bridgehead atoms. The predicted octanol–water partition coefficient (Wildman–Crippen LogP) is 3.94. The number of benzene rings is 1. The molecule has 0 unspecified atom stereocenters. The molecule has 24 heavy (non-hydrogen) atoms. The van der Waals surface area contributed by atoms with Gasteiger partial charge in [-0.05, 0) is 53.5 Å². The lowest BCUT2D eigenvalue weighted by Gasteiger charge is -2.30. The zero-order valence-corrected chi connectivity index (χ0v) is 15.9. The Bertz CT molecular complexity index is 589. The second kappa shape index (κ2) is 7.06. The fourth-order valence-electron chi connectivity index (χ4n) is 2.19. The molecule has 1 N–H and O–H groups in total. The fraction of sp³-hybridized carbons (Fsp3) is 0.600. The maximum Gasteiger partial charge on any atom is 0.312 e. The van der Waals surface area contributed by atoms with E-state index in [1.807, 2.05) is 46.8 Å². The zero-order valence-electron chi connectivity index (χ0n) is 15.9. The number of Topliss-reactive ketones (excluding diaryl/α,β-unsaturated/α-hetero) is 1. The first-order valence-electron chi connectivity index (χ1n) is 8.38. The van der Waals surface area contributed by atoms with E-state index in [-0.39, 0.29) is 11.8 Å². The van der Waals surface area contributed by atoms with Crippen molar-refractivity contribution in [2.45, 2.75) is 72.5 Å². The Labute approximate surface area is 145 Å². The molecule has 0 aliphatic rings. The highest BCUT2D eigenvalue weighted by atomic mass is 16.6. The first kappa shape index (κ1) is 20.4. The molecule has 134 valence electrons. The van der Waals surface area contributed by atoms with E-state index in [2.05, 4.69) is 0 Å².